The fourth-order valence-electron chi connectivity index (χ4n) is 4.18. The first-order valence-electron chi connectivity index (χ1n) is 7.03. The molecule has 3 heteroatoms. The van der Waals surface area contributed by atoms with Gasteiger partial charge in [0.1, 0.15) is 0 Å². The monoisotopic (exact) mass is 223 g/mol. The predicted molar refractivity (Wildman–Crippen MR) is 66.4 cm³/mol. The number of fused-ring (bicyclic) bond motifs is 2. The van der Waals surface area contributed by atoms with E-state index in [0.717, 1.165) is 12.5 Å². The highest BCUT2D eigenvalue weighted by atomic mass is 15.3. The van der Waals surface area contributed by atoms with Crippen LogP contribution >= 0.6 is 0 Å². The van der Waals surface area contributed by atoms with Crippen LogP contribution in [0, 0.1) is 5.92 Å². The van der Waals surface area contributed by atoms with Crippen LogP contribution in [0.25, 0.3) is 0 Å². The van der Waals surface area contributed by atoms with E-state index < -0.39 is 0 Å². The van der Waals surface area contributed by atoms with E-state index >= 15 is 0 Å². The Bertz CT molecular complexity index is 250. The van der Waals surface area contributed by atoms with Crippen LogP contribution in [0.3, 0.4) is 0 Å². The van der Waals surface area contributed by atoms with Gasteiger partial charge in [0, 0.05) is 18.6 Å². The molecule has 3 heterocycles. The van der Waals surface area contributed by atoms with Crippen molar-refractivity contribution < 1.29 is 0 Å². The molecule has 3 nitrogen and oxygen atoms in total. The van der Waals surface area contributed by atoms with E-state index in [1.54, 1.807) is 0 Å². The van der Waals surface area contributed by atoms with Crippen molar-refractivity contribution in [3.8, 4) is 0 Å². The maximum atomic E-state index is 6.19. The van der Waals surface area contributed by atoms with Crippen LogP contribution in [-0.4, -0.2) is 54.6 Å². The average molecular weight is 223 g/mol. The zero-order valence-corrected chi connectivity index (χ0v) is 10.3. The third-order valence-corrected chi connectivity index (χ3v) is 5.23. The summed E-state index contributed by atoms with van der Waals surface area (Å²) in [7, 11) is 0. The molecular weight excluding hydrogens is 198 g/mol. The number of nitrogens with zero attached hydrogens (tertiary/aromatic N) is 2. The molecule has 0 saturated carbocycles. The second kappa shape index (κ2) is 4.28. The van der Waals surface area contributed by atoms with Gasteiger partial charge in [0.15, 0.2) is 0 Å². The first-order valence-corrected chi connectivity index (χ1v) is 7.03. The zero-order chi connectivity index (χ0) is 11.0. The van der Waals surface area contributed by atoms with Crippen molar-refractivity contribution in [2.24, 2.45) is 11.7 Å². The van der Waals surface area contributed by atoms with Crippen LogP contribution in [0.2, 0.25) is 0 Å². The van der Waals surface area contributed by atoms with Crippen LogP contribution < -0.4 is 5.73 Å². The second-order valence-corrected chi connectivity index (χ2v) is 5.89. The van der Waals surface area contributed by atoms with Gasteiger partial charge in [-0.05, 0) is 57.8 Å². The molecule has 92 valence electrons. The van der Waals surface area contributed by atoms with Crippen LogP contribution in [0.15, 0.2) is 0 Å². The van der Waals surface area contributed by atoms with Crippen molar-refractivity contribution in [2.45, 2.75) is 37.6 Å². The predicted octanol–water partition coefficient (Wildman–Crippen LogP) is 0.895. The van der Waals surface area contributed by atoms with Crippen molar-refractivity contribution >= 4 is 0 Å². The molecule has 0 amide bonds. The second-order valence-electron chi connectivity index (χ2n) is 5.89. The van der Waals surface area contributed by atoms with Crippen LogP contribution in [-0.2, 0) is 0 Å². The Kier molecular flexibility index (Phi) is 2.94. The van der Waals surface area contributed by atoms with Gasteiger partial charge in [-0.15, -0.1) is 0 Å². The standard InChI is InChI=1S/C13H25N3/c14-11-13(16-6-2-1-3-7-16)5-9-15-8-4-12(13)10-15/h12H,1-11,14H2. The molecule has 2 N–H and O–H groups in total. The third kappa shape index (κ3) is 1.60. The van der Waals surface area contributed by atoms with Crippen LogP contribution in [0.5, 0.6) is 0 Å². The average Bonchev–Trinajstić information content (AvgIpc) is 2.76. The third-order valence-electron chi connectivity index (χ3n) is 5.23. The minimum absolute atomic E-state index is 0.368. The number of hydrogen-bond donors (Lipinski definition) is 1. The lowest BCUT2D eigenvalue weighted by atomic mass is 9.76. The van der Waals surface area contributed by atoms with Crippen LogP contribution in [0.1, 0.15) is 32.1 Å². The molecule has 3 atom stereocenters. The summed E-state index contributed by atoms with van der Waals surface area (Å²) in [6, 6.07) is 0. The van der Waals surface area contributed by atoms with Gasteiger partial charge in [-0.1, -0.05) is 6.42 Å². The molecule has 3 fully saturated rings. The molecule has 3 saturated heterocycles. The maximum Gasteiger partial charge on any atom is 0.0384 e. The summed E-state index contributed by atoms with van der Waals surface area (Å²) in [5, 5.41) is 0. The summed E-state index contributed by atoms with van der Waals surface area (Å²) >= 11 is 0. The highest BCUT2D eigenvalue weighted by Gasteiger charge is 2.48. The van der Waals surface area contributed by atoms with E-state index in [2.05, 4.69) is 9.80 Å². The Hall–Kier alpha value is -0.120. The highest BCUT2D eigenvalue weighted by Crippen LogP contribution is 2.40. The summed E-state index contributed by atoms with van der Waals surface area (Å²) in [6.07, 6.45) is 6.90. The van der Waals surface area contributed by atoms with E-state index in [0.29, 0.717) is 5.54 Å². The Morgan fingerprint density at radius 1 is 1.06 bits per heavy atom. The number of rotatable bonds is 2. The molecule has 0 aromatic heterocycles. The minimum atomic E-state index is 0.368. The first-order chi connectivity index (χ1) is 7.85. The fourth-order valence-corrected chi connectivity index (χ4v) is 4.18. The number of hydrogen-bond acceptors (Lipinski definition) is 3. The van der Waals surface area contributed by atoms with Gasteiger partial charge in [-0.2, -0.15) is 0 Å². The van der Waals surface area contributed by atoms with Gasteiger partial charge in [0.25, 0.3) is 0 Å². The molecule has 3 unspecified atom stereocenters. The Morgan fingerprint density at radius 2 is 1.88 bits per heavy atom. The van der Waals surface area contributed by atoms with E-state index in [9.17, 15) is 0 Å². The van der Waals surface area contributed by atoms with E-state index in [4.69, 9.17) is 5.73 Å². The van der Waals surface area contributed by atoms with Gasteiger partial charge in [0.2, 0.25) is 0 Å². The summed E-state index contributed by atoms with van der Waals surface area (Å²) in [5.74, 6) is 0.851. The largest absolute Gasteiger partial charge is 0.329 e. The molecule has 0 radical (unpaired) electrons. The van der Waals surface area contributed by atoms with Gasteiger partial charge >= 0.3 is 0 Å². The van der Waals surface area contributed by atoms with E-state index in [-0.39, 0.29) is 0 Å². The summed E-state index contributed by atoms with van der Waals surface area (Å²) in [4.78, 5) is 5.38. The first kappa shape index (κ1) is 11.0. The topological polar surface area (TPSA) is 32.5 Å². The minimum Gasteiger partial charge on any atom is -0.329 e. The number of likely N-dealkylation sites (tertiary alicyclic amines) is 1. The number of piperidine rings is 2. The van der Waals surface area contributed by atoms with Crippen molar-refractivity contribution in [1.82, 2.24) is 9.80 Å². The molecule has 3 aliphatic rings. The van der Waals surface area contributed by atoms with E-state index in [1.165, 1.54) is 64.8 Å². The lowest BCUT2D eigenvalue weighted by Gasteiger charge is -2.51. The smallest absolute Gasteiger partial charge is 0.0384 e. The van der Waals surface area contributed by atoms with Crippen molar-refractivity contribution in [3.05, 3.63) is 0 Å². The van der Waals surface area contributed by atoms with Gasteiger partial charge in [-0.25, -0.2) is 0 Å². The zero-order valence-electron chi connectivity index (χ0n) is 10.3. The Morgan fingerprint density at radius 3 is 2.62 bits per heavy atom. The van der Waals surface area contributed by atoms with Gasteiger partial charge in [-0.3, -0.25) is 4.90 Å². The molecule has 0 aromatic carbocycles. The quantitative estimate of drug-likeness (QED) is 0.755. The Labute approximate surface area is 99.0 Å². The summed E-state index contributed by atoms with van der Waals surface area (Å²) in [5.41, 5.74) is 6.56. The normalized spacial score (nSPS) is 44.8. The summed E-state index contributed by atoms with van der Waals surface area (Å²) in [6.45, 7) is 7.39. The van der Waals surface area contributed by atoms with Crippen molar-refractivity contribution in [1.29, 1.82) is 0 Å². The highest BCUT2D eigenvalue weighted by molar-refractivity contribution is 5.05. The van der Waals surface area contributed by atoms with Gasteiger partial charge in [0.05, 0.1) is 0 Å². The van der Waals surface area contributed by atoms with Gasteiger partial charge < -0.3 is 10.6 Å². The van der Waals surface area contributed by atoms with Crippen LogP contribution in [0.4, 0.5) is 0 Å². The van der Waals surface area contributed by atoms with Crippen molar-refractivity contribution in [2.75, 3.05) is 39.3 Å². The molecule has 3 aliphatic heterocycles. The SMILES string of the molecule is NCC1(N2CCCCC2)CCN2CCC1C2. The molecule has 0 aromatic rings. The molecule has 16 heavy (non-hydrogen) atoms. The molecule has 0 spiro atoms. The number of nitrogens with two attached hydrogens (primary N) is 1. The molecular formula is C13H25N3. The molecule has 0 aliphatic carbocycles. The Balaban J connectivity index is 1.80. The lowest BCUT2D eigenvalue weighted by Crippen LogP contribution is -2.63. The molecule has 3 rings (SSSR count). The maximum absolute atomic E-state index is 6.19. The molecule has 2 bridgehead atoms. The van der Waals surface area contributed by atoms with Crippen molar-refractivity contribution in [3.63, 3.8) is 0 Å². The van der Waals surface area contributed by atoms with E-state index in [1.807, 2.05) is 0 Å². The fraction of sp³-hybridized carbons (Fsp3) is 1.00. The summed E-state index contributed by atoms with van der Waals surface area (Å²) < 4.78 is 0. The lowest BCUT2D eigenvalue weighted by molar-refractivity contribution is -0.00419.